The highest BCUT2D eigenvalue weighted by Crippen LogP contribution is 2.25. The lowest BCUT2D eigenvalue weighted by Crippen LogP contribution is -2.30. The Balaban J connectivity index is 1.85. The fourth-order valence-electron chi connectivity index (χ4n) is 1.88. The lowest BCUT2D eigenvalue weighted by Gasteiger charge is -2.24. The van der Waals surface area contributed by atoms with E-state index in [0.29, 0.717) is 37.0 Å². The minimum atomic E-state index is -0.502. The maximum Gasteiger partial charge on any atom is 0.235 e. The van der Waals surface area contributed by atoms with E-state index in [9.17, 15) is 5.11 Å². The maximum atomic E-state index is 9.87. The van der Waals surface area contributed by atoms with E-state index in [1.807, 2.05) is 0 Å². The molecular weight excluding hydrogens is 236 g/mol. The first-order valence-electron chi connectivity index (χ1n) is 5.70. The van der Waals surface area contributed by atoms with Gasteiger partial charge in [-0.15, -0.1) is 0 Å². The van der Waals surface area contributed by atoms with Gasteiger partial charge in [0.1, 0.15) is 12.0 Å². The highest BCUT2D eigenvalue weighted by Gasteiger charge is 2.30. The van der Waals surface area contributed by atoms with Gasteiger partial charge in [-0.05, 0) is 12.5 Å². The molecule has 0 radical (unpaired) electrons. The number of ether oxygens (including phenoxy) is 1. The Labute approximate surface area is 103 Å². The van der Waals surface area contributed by atoms with Crippen molar-refractivity contribution in [2.45, 2.75) is 18.4 Å². The van der Waals surface area contributed by atoms with Crippen molar-refractivity contribution in [2.24, 2.45) is 0 Å². The minimum absolute atomic E-state index is 0.262. The first-order valence-corrected chi connectivity index (χ1v) is 5.70. The molecule has 18 heavy (non-hydrogen) atoms. The topological polar surface area (TPSA) is 94.2 Å². The first-order chi connectivity index (χ1) is 8.84. The Morgan fingerprint density at radius 2 is 2.33 bits per heavy atom. The number of hydrogen-bond acceptors (Lipinski definition) is 7. The van der Waals surface area contributed by atoms with Gasteiger partial charge in [0.2, 0.25) is 11.7 Å². The van der Waals surface area contributed by atoms with E-state index in [2.05, 4.69) is 20.1 Å². The summed E-state index contributed by atoms with van der Waals surface area (Å²) in [7, 11) is 0. The summed E-state index contributed by atoms with van der Waals surface area (Å²) in [6.45, 7) is 0.956. The van der Waals surface area contributed by atoms with Gasteiger partial charge in [-0.25, -0.2) is 9.97 Å². The van der Waals surface area contributed by atoms with Crippen molar-refractivity contribution in [3.05, 3.63) is 24.5 Å². The van der Waals surface area contributed by atoms with Crippen molar-refractivity contribution < 1.29 is 14.4 Å². The average molecular weight is 248 g/mol. The summed E-state index contributed by atoms with van der Waals surface area (Å²) in [5, 5.41) is 13.7. The third-order valence-electron chi connectivity index (χ3n) is 2.89. The molecule has 0 amide bonds. The van der Waals surface area contributed by atoms with Gasteiger partial charge >= 0.3 is 0 Å². The summed E-state index contributed by atoms with van der Waals surface area (Å²) >= 11 is 0. The minimum Gasteiger partial charge on any atom is -0.392 e. The fraction of sp³-hybridized carbons (Fsp3) is 0.455. The fourth-order valence-corrected chi connectivity index (χ4v) is 1.88. The number of aliphatic hydroxyl groups excluding tert-OH is 1. The third-order valence-corrected chi connectivity index (χ3v) is 2.89. The molecule has 2 unspecified atom stereocenters. The predicted octanol–water partition coefficient (Wildman–Crippen LogP) is 0.391. The van der Waals surface area contributed by atoms with Crippen LogP contribution in [0.5, 0.6) is 0 Å². The second kappa shape index (κ2) is 4.79. The molecule has 0 aromatic carbocycles. The zero-order valence-electron chi connectivity index (χ0n) is 9.56. The van der Waals surface area contributed by atoms with Gasteiger partial charge in [0.15, 0.2) is 0 Å². The molecule has 0 spiro atoms. The Bertz CT molecular complexity index is 516. The van der Waals surface area contributed by atoms with E-state index in [1.54, 1.807) is 12.3 Å². The molecule has 2 atom stereocenters. The van der Waals surface area contributed by atoms with Crippen LogP contribution in [0.3, 0.4) is 0 Å². The van der Waals surface area contributed by atoms with Crippen LogP contribution in [-0.2, 0) is 4.74 Å². The Morgan fingerprint density at radius 3 is 3.11 bits per heavy atom. The number of aromatic nitrogens is 4. The molecule has 1 aliphatic rings. The molecule has 2 aromatic rings. The first kappa shape index (κ1) is 11.2. The van der Waals surface area contributed by atoms with E-state index < -0.39 is 6.10 Å². The zero-order valence-corrected chi connectivity index (χ0v) is 9.56. The number of aliphatic hydroxyl groups is 1. The molecule has 3 heterocycles. The van der Waals surface area contributed by atoms with Crippen LogP contribution in [0.1, 0.15) is 18.2 Å². The van der Waals surface area contributed by atoms with Crippen molar-refractivity contribution in [3.8, 4) is 11.5 Å². The highest BCUT2D eigenvalue weighted by molar-refractivity contribution is 5.46. The van der Waals surface area contributed by atoms with E-state index in [-0.39, 0.29) is 5.92 Å². The van der Waals surface area contributed by atoms with E-state index in [0.717, 1.165) is 0 Å². The van der Waals surface area contributed by atoms with Gasteiger partial charge in [0.25, 0.3) is 0 Å². The highest BCUT2D eigenvalue weighted by atomic mass is 16.5. The molecule has 1 N–H and O–H groups in total. The average Bonchev–Trinajstić information content (AvgIpc) is 2.90. The van der Waals surface area contributed by atoms with E-state index in [1.165, 1.54) is 6.33 Å². The quantitative estimate of drug-likeness (QED) is 0.821. The van der Waals surface area contributed by atoms with Crippen LogP contribution >= 0.6 is 0 Å². The molecule has 94 valence electrons. The number of rotatable bonds is 2. The molecule has 0 saturated carbocycles. The van der Waals surface area contributed by atoms with Crippen LogP contribution in [0.4, 0.5) is 0 Å². The van der Waals surface area contributed by atoms with Gasteiger partial charge in [-0.1, -0.05) is 5.16 Å². The monoisotopic (exact) mass is 248 g/mol. The lowest BCUT2D eigenvalue weighted by molar-refractivity contribution is -0.0149. The summed E-state index contributed by atoms with van der Waals surface area (Å²) in [6, 6.07) is 1.70. The Kier molecular flexibility index (Phi) is 2.99. The molecule has 3 rings (SSSR count). The Morgan fingerprint density at radius 1 is 1.39 bits per heavy atom. The van der Waals surface area contributed by atoms with Crippen LogP contribution in [-0.4, -0.2) is 44.5 Å². The largest absolute Gasteiger partial charge is 0.392 e. The standard InChI is InChI=1S/C11H12N4O3/c16-9-2-4-17-5-7(9)11-14-10(15-18-11)8-1-3-12-6-13-8/h1,3,6-7,9,16H,2,4-5H2. The van der Waals surface area contributed by atoms with Crippen molar-refractivity contribution >= 4 is 0 Å². The van der Waals surface area contributed by atoms with Crippen LogP contribution in [0, 0.1) is 0 Å². The molecule has 0 aliphatic carbocycles. The van der Waals surface area contributed by atoms with E-state index >= 15 is 0 Å². The molecular formula is C11H12N4O3. The van der Waals surface area contributed by atoms with Crippen LogP contribution in [0.2, 0.25) is 0 Å². The lowest BCUT2D eigenvalue weighted by atomic mass is 9.99. The molecule has 1 saturated heterocycles. The molecule has 0 bridgehead atoms. The van der Waals surface area contributed by atoms with E-state index in [4.69, 9.17) is 9.26 Å². The van der Waals surface area contributed by atoms with Crippen LogP contribution < -0.4 is 0 Å². The summed E-state index contributed by atoms with van der Waals surface area (Å²) in [6.07, 6.45) is 3.11. The van der Waals surface area contributed by atoms with Gasteiger partial charge < -0.3 is 14.4 Å². The molecule has 1 fully saturated rings. The smallest absolute Gasteiger partial charge is 0.235 e. The van der Waals surface area contributed by atoms with Crippen molar-refractivity contribution in [1.82, 2.24) is 20.1 Å². The molecule has 7 nitrogen and oxygen atoms in total. The molecule has 7 heteroatoms. The summed E-state index contributed by atoms with van der Waals surface area (Å²) in [5.74, 6) is 0.517. The SMILES string of the molecule is OC1CCOCC1c1nc(-c2ccncn2)no1. The summed E-state index contributed by atoms with van der Waals surface area (Å²) in [5.41, 5.74) is 0.589. The second-order valence-corrected chi connectivity index (χ2v) is 4.09. The van der Waals surface area contributed by atoms with Crippen LogP contribution in [0.25, 0.3) is 11.5 Å². The maximum absolute atomic E-state index is 9.87. The summed E-state index contributed by atoms with van der Waals surface area (Å²) < 4.78 is 10.5. The van der Waals surface area contributed by atoms with Gasteiger partial charge in [-0.2, -0.15) is 4.98 Å². The molecule has 2 aromatic heterocycles. The second-order valence-electron chi connectivity index (χ2n) is 4.09. The number of nitrogens with zero attached hydrogens (tertiary/aromatic N) is 4. The third kappa shape index (κ3) is 2.09. The van der Waals surface area contributed by atoms with Crippen molar-refractivity contribution in [1.29, 1.82) is 0 Å². The zero-order chi connectivity index (χ0) is 12.4. The van der Waals surface area contributed by atoms with Gasteiger partial charge in [0.05, 0.1) is 18.6 Å². The van der Waals surface area contributed by atoms with Crippen molar-refractivity contribution in [3.63, 3.8) is 0 Å². The van der Waals surface area contributed by atoms with Crippen molar-refractivity contribution in [2.75, 3.05) is 13.2 Å². The van der Waals surface area contributed by atoms with Crippen LogP contribution in [0.15, 0.2) is 23.1 Å². The summed E-state index contributed by atoms with van der Waals surface area (Å²) in [4.78, 5) is 12.1. The van der Waals surface area contributed by atoms with Gasteiger partial charge in [0, 0.05) is 12.8 Å². The number of hydrogen-bond donors (Lipinski definition) is 1. The normalized spacial score (nSPS) is 24.1. The Hall–Kier alpha value is -1.86. The van der Waals surface area contributed by atoms with Gasteiger partial charge in [-0.3, -0.25) is 0 Å². The molecule has 1 aliphatic heterocycles. The predicted molar refractivity (Wildman–Crippen MR) is 59.5 cm³/mol.